The third-order valence-corrected chi connectivity index (χ3v) is 6.10. The maximum atomic E-state index is 13.7. The lowest BCUT2D eigenvalue weighted by atomic mass is 9.81. The van der Waals surface area contributed by atoms with Crippen LogP contribution in [-0.2, 0) is 19.1 Å². The monoisotopic (exact) mass is 512 g/mol. The number of carbonyl (C=O) groups excluding carboxylic acids is 4. The second kappa shape index (κ2) is 11.6. The van der Waals surface area contributed by atoms with E-state index in [1.54, 1.807) is 74.5 Å². The Kier molecular flexibility index (Phi) is 8.01. The fourth-order valence-corrected chi connectivity index (χ4v) is 4.19. The Hall–Kier alpha value is -4.72. The van der Waals surface area contributed by atoms with Crippen LogP contribution in [0, 0.1) is 0 Å². The van der Waals surface area contributed by atoms with Gasteiger partial charge in [-0.05, 0) is 74.0 Å². The Morgan fingerprint density at radius 2 is 1.39 bits per heavy atom. The van der Waals surface area contributed by atoms with Gasteiger partial charge in [-0.2, -0.15) is 0 Å². The van der Waals surface area contributed by atoms with Crippen molar-refractivity contribution in [2.24, 2.45) is 0 Å². The number of β-lactam (4-membered cyclic amide) rings is 1. The molecule has 1 saturated heterocycles. The molecule has 3 aromatic rings. The Balaban J connectivity index is 1.64. The first-order valence-corrected chi connectivity index (χ1v) is 12.3. The molecule has 194 valence electrons. The molecule has 4 rings (SSSR count). The summed E-state index contributed by atoms with van der Waals surface area (Å²) in [6, 6.07) is 22.2. The lowest BCUT2D eigenvalue weighted by molar-refractivity contribution is -0.134. The van der Waals surface area contributed by atoms with Crippen LogP contribution in [0.1, 0.15) is 46.5 Å². The van der Waals surface area contributed by atoms with E-state index in [2.05, 4.69) is 5.32 Å². The van der Waals surface area contributed by atoms with Gasteiger partial charge in [0.1, 0.15) is 0 Å². The number of amides is 2. The number of esters is 2. The van der Waals surface area contributed by atoms with Gasteiger partial charge in [-0.3, -0.25) is 14.5 Å². The first-order valence-electron chi connectivity index (χ1n) is 12.3. The predicted octanol–water partition coefficient (Wildman–Crippen LogP) is 4.87. The molecule has 2 amide bonds. The number of rotatable bonds is 9. The second-order valence-electron chi connectivity index (χ2n) is 8.59. The van der Waals surface area contributed by atoms with Crippen LogP contribution in [0.25, 0.3) is 6.08 Å². The molecule has 38 heavy (non-hydrogen) atoms. The first-order chi connectivity index (χ1) is 18.4. The molecule has 8 nitrogen and oxygen atoms in total. The van der Waals surface area contributed by atoms with Gasteiger partial charge in [-0.1, -0.05) is 36.4 Å². The molecule has 0 saturated carbocycles. The van der Waals surface area contributed by atoms with Crippen molar-refractivity contribution in [2.45, 2.75) is 25.8 Å². The third-order valence-electron chi connectivity index (χ3n) is 6.10. The summed E-state index contributed by atoms with van der Waals surface area (Å²) in [6.07, 6.45) is 3.48. The van der Waals surface area contributed by atoms with Gasteiger partial charge in [-0.25, -0.2) is 9.59 Å². The van der Waals surface area contributed by atoms with Crippen molar-refractivity contribution in [1.82, 2.24) is 0 Å². The van der Waals surface area contributed by atoms with Crippen LogP contribution in [0.2, 0.25) is 0 Å². The topological polar surface area (TPSA) is 102 Å². The average molecular weight is 513 g/mol. The van der Waals surface area contributed by atoms with Crippen molar-refractivity contribution >= 4 is 41.2 Å². The van der Waals surface area contributed by atoms with Crippen molar-refractivity contribution in [3.63, 3.8) is 0 Å². The predicted molar refractivity (Wildman–Crippen MR) is 144 cm³/mol. The van der Waals surface area contributed by atoms with Gasteiger partial charge in [0.2, 0.25) is 5.91 Å². The van der Waals surface area contributed by atoms with Crippen molar-refractivity contribution in [3.8, 4) is 0 Å². The minimum absolute atomic E-state index is 0.0390. The summed E-state index contributed by atoms with van der Waals surface area (Å²) in [5, 5.41) is 2.88. The van der Waals surface area contributed by atoms with Gasteiger partial charge in [0.05, 0.1) is 30.8 Å². The molecule has 0 spiro atoms. The van der Waals surface area contributed by atoms with Crippen LogP contribution in [-0.4, -0.2) is 42.5 Å². The third kappa shape index (κ3) is 5.49. The van der Waals surface area contributed by atoms with E-state index >= 15 is 0 Å². The number of hydrogen-bond donors (Lipinski definition) is 1. The van der Waals surface area contributed by atoms with Crippen LogP contribution >= 0.6 is 0 Å². The Labute approximate surface area is 220 Å². The minimum atomic E-state index is -1.31. The van der Waals surface area contributed by atoms with Gasteiger partial charge < -0.3 is 14.8 Å². The molecule has 1 fully saturated rings. The van der Waals surface area contributed by atoms with Gasteiger partial charge in [-0.15, -0.1) is 0 Å². The molecule has 1 N–H and O–H groups in total. The quantitative estimate of drug-likeness (QED) is 0.324. The van der Waals surface area contributed by atoms with E-state index < -0.39 is 23.4 Å². The van der Waals surface area contributed by atoms with Gasteiger partial charge in [0, 0.05) is 11.4 Å². The molecular weight excluding hydrogens is 484 g/mol. The molecule has 3 aromatic carbocycles. The highest BCUT2D eigenvalue weighted by atomic mass is 16.5. The van der Waals surface area contributed by atoms with E-state index in [9.17, 15) is 19.2 Å². The molecule has 1 aliphatic rings. The maximum absolute atomic E-state index is 13.7. The normalized spacial score (nSPS) is 16.6. The first kappa shape index (κ1) is 26.3. The zero-order valence-corrected chi connectivity index (χ0v) is 21.2. The van der Waals surface area contributed by atoms with E-state index in [1.807, 2.05) is 30.3 Å². The average Bonchev–Trinajstić information content (AvgIpc) is 2.92. The summed E-state index contributed by atoms with van der Waals surface area (Å²) < 4.78 is 10.0. The van der Waals surface area contributed by atoms with Crippen molar-refractivity contribution in [2.75, 3.05) is 23.4 Å². The molecule has 1 heterocycles. The van der Waals surface area contributed by atoms with E-state index in [4.69, 9.17) is 9.47 Å². The number of nitrogens with one attached hydrogen (secondary N) is 1. The molecule has 1 atom stereocenters. The van der Waals surface area contributed by atoms with Gasteiger partial charge in [0.15, 0.2) is 5.54 Å². The van der Waals surface area contributed by atoms with Crippen LogP contribution in [0.5, 0.6) is 0 Å². The summed E-state index contributed by atoms with van der Waals surface area (Å²) in [7, 11) is 0. The lowest BCUT2D eigenvalue weighted by Gasteiger charge is -2.48. The van der Waals surface area contributed by atoms with Gasteiger partial charge >= 0.3 is 11.9 Å². The highest BCUT2D eigenvalue weighted by molar-refractivity contribution is 6.18. The number of benzene rings is 3. The highest BCUT2D eigenvalue weighted by Crippen LogP contribution is 2.40. The zero-order chi connectivity index (χ0) is 27.1. The molecule has 8 heteroatoms. The fraction of sp³-hybridized carbons (Fsp3) is 0.200. The van der Waals surface area contributed by atoms with Crippen LogP contribution < -0.4 is 10.2 Å². The largest absolute Gasteiger partial charge is 0.462 e. The molecule has 0 aromatic heterocycles. The molecular formula is C30H28N2O6. The highest BCUT2D eigenvalue weighted by Gasteiger charge is 2.55. The van der Waals surface area contributed by atoms with Gasteiger partial charge in [0.25, 0.3) is 5.91 Å². The minimum Gasteiger partial charge on any atom is -0.462 e. The summed E-state index contributed by atoms with van der Waals surface area (Å²) in [5.74, 6) is -1.56. The summed E-state index contributed by atoms with van der Waals surface area (Å²) >= 11 is 0. The number of hydrogen-bond acceptors (Lipinski definition) is 6. The molecule has 0 aliphatic carbocycles. The fourth-order valence-electron chi connectivity index (χ4n) is 4.19. The van der Waals surface area contributed by atoms with E-state index in [0.717, 1.165) is 5.56 Å². The Bertz CT molecular complexity index is 1350. The second-order valence-corrected chi connectivity index (χ2v) is 8.59. The number of anilines is 2. The SMILES string of the molecule is CCOC(=O)c1ccc(NC(=O)C2(C=Cc3ccccc3)CC(=O)N2c2ccc(C(=O)OCC)cc2)cc1. The van der Waals surface area contributed by atoms with Crippen LogP contribution in [0.4, 0.5) is 11.4 Å². The number of carbonyl (C=O) groups is 4. The van der Waals surface area contributed by atoms with Crippen molar-refractivity contribution in [1.29, 1.82) is 0 Å². The van der Waals surface area contributed by atoms with E-state index in [0.29, 0.717) is 22.5 Å². The van der Waals surface area contributed by atoms with E-state index in [-0.39, 0.29) is 25.5 Å². The molecule has 0 bridgehead atoms. The van der Waals surface area contributed by atoms with Crippen LogP contribution in [0.3, 0.4) is 0 Å². The number of nitrogens with zero attached hydrogens (tertiary/aromatic N) is 1. The Morgan fingerprint density at radius 1 is 0.842 bits per heavy atom. The standard InChI is InChI=1S/C30H28N2O6/c1-3-37-27(34)22-10-14-24(15-11-22)31-29(36)30(19-18-21-8-6-5-7-9-21)20-26(33)32(30)25-16-12-23(13-17-25)28(35)38-4-2/h5-19H,3-4,20H2,1-2H3,(H,31,36). The zero-order valence-electron chi connectivity index (χ0n) is 21.2. The van der Waals surface area contributed by atoms with Crippen LogP contribution in [0.15, 0.2) is 84.9 Å². The summed E-state index contributed by atoms with van der Waals surface area (Å²) in [6.45, 7) is 3.96. The maximum Gasteiger partial charge on any atom is 0.338 e. The molecule has 0 radical (unpaired) electrons. The molecule has 1 aliphatic heterocycles. The molecule has 1 unspecified atom stereocenters. The van der Waals surface area contributed by atoms with Crippen molar-refractivity contribution in [3.05, 3.63) is 102 Å². The summed E-state index contributed by atoms with van der Waals surface area (Å²) in [5.41, 5.74) is 1.21. The number of ether oxygens (including phenoxy) is 2. The summed E-state index contributed by atoms with van der Waals surface area (Å²) in [4.78, 5) is 52.1. The lowest BCUT2D eigenvalue weighted by Crippen LogP contribution is -2.68. The van der Waals surface area contributed by atoms with Crippen molar-refractivity contribution < 1.29 is 28.7 Å². The smallest absolute Gasteiger partial charge is 0.338 e. The van der Waals surface area contributed by atoms with E-state index in [1.165, 1.54) is 4.90 Å². The Morgan fingerprint density at radius 3 is 1.92 bits per heavy atom.